The number of hydrogen-bond acceptors (Lipinski definition) is 4. The van der Waals surface area contributed by atoms with Gasteiger partial charge in [-0.2, -0.15) is 0 Å². The molecular weight excluding hydrogens is 314 g/mol. The number of ether oxygens (including phenoxy) is 1. The van der Waals surface area contributed by atoms with Crippen molar-refractivity contribution in [3.63, 3.8) is 0 Å². The molecule has 5 heteroatoms. The summed E-state index contributed by atoms with van der Waals surface area (Å²) in [4.78, 5) is 6.70. The maximum atomic E-state index is 10.3. The number of hydrogen-bond donors (Lipinski definition) is 1. The molecular formula is C20H29N3O2. The third kappa shape index (κ3) is 4.61. The molecule has 1 fully saturated rings. The van der Waals surface area contributed by atoms with Crippen molar-refractivity contribution in [3.8, 4) is 5.75 Å². The molecule has 1 aromatic carbocycles. The Balaban J connectivity index is 1.57. The Morgan fingerprint density at radius 3 is 2.76 bits per heavy atom. The van der Waals surface area contributed by atoms with Gasteiger partial charge in [-0.15, -0.1) is 0 Å². The third-order valence-electron chi connectivity index (χ3n) is 5.12. The van der Waals surface area contributed by atoms with Gasteiger partial charge in [0.05, 0.1) is 6.10 Å². The highest BCUT2D eigenvalue weighted by Gasteiger charge is 2.27. The lowest BCUT2D eigenvalue weighted by atomic mass is 9.95. The molecule has 136 valence electrons. The van der Waals surface area contributed by atoms with Gasteiger partial charge in [-0.25, -0.2) is 4.98 Å². The molecule has 2 unspecified atom stereocenters. The number of rotatable bonds is 7. The largest absolute Gasteiger partial charge is 0.486 e. The van der Waals surface area contributed by atoms with E-state index >= 15 is 0 Å². The van der Waals surface area contributed by atoms with Crippen LogP contribution in [0.4, 0.5) is 0 Å². The minimum atomic E-state index is -0.222. The quantitative estimate of drug-likeness (QED) is 0.839. The molecule has 0 radical (unpaired) electrons. The maximum Gasteiger partial charge on any atom is 0.146 e. The van der Waals surface area contributed by atoms with Crippen LogP contribution in [0, 0.1) is 0 Å². The van der Waals surface area contributed by atoms with Gasteiger partial charge in [-0.1, -0.05) is 25.5 Å². The molecule has 1 aromatic heterocycles. The van der Waals surface area contributed by atoms with Crippen molar-refractivity contribution < 1.29 is 9.84 Å². The van der Waals surface area contributed by atoms with E-state index in [-0.39, 0.29) is 12.1 Å². The number of aliphatic hydroxyl groups excluding tert-OH is 1. The highest BCUT2D eigenvalue weighted by Crippen LogP contribution is 2.24. The predicted molar refractivity (Wildman–Crippen MR) is 98.3 cm³/mol. The van der Waals surface area contributed by atoms with Crippen LogP contribution in [0.15, 0.2) is 36.7 Å². The Bertz CT molecular complexity index is 653. The molecule has 1 aliphatic rings. The van der Waals surface area contributed by atoms with E-state index in [0.29, 0.717) is 6.61 Å². The first-order valence-corrected chi connectivity index (χ1v) is 9.27. The highest BCUT2D eigenvalue weighted by molar-refractivity contribution is 5.27. The summed E-state index contributed by atoms with van der Waals surface area (Å²) in [6.45, 7) is 4.49. The van der Waals surface area contributed by atoms with E-state index < -0.39 is 0 Å². The van der Waals surface area contributed by atoms with E-state index in [1.54, 1.807) is 6.20 Å². The summed E-state index contributed by atoms with van der Waals surface area (Å²) < 4.78 is 7.78. The smallest absolute Gasteiger partial charge is 0.146 e. The summed E-state index contributed by atoms with van der Waals surface area (Å²) in [5.74, 6) is 1.77. The minimum absolute atomic E-state index is 0.222. The van der Waals surface area contributed by atoms with Crippen molar-refractivity contribution in [2.24, 2.45) is 7.05 Å². The van der Waals surface area contributed by atoms with Gasteiger partial charge in [-0.3, -0.25) is 4.90 Å². The van der Waals surface area contributed by atoms with Crippen LogP contribution in [-0.4, -0.2) is 38.2 Å². The average molecular weight is 343 g/mol. The molecule has 2 heterocycles. The van der Waals surface area contributed by atoms with Gasteiger partial charge in [0.1, 0.15) is 18.2 Å². The second-order valence-corrected chi connectivity index (χ2v) is 6.90. The zero-order chi connectivity index (χ0) is 17.6. The van der Waals surface area contributed by atoms with Crippen molar-refractivity contribution in [3.05, 3.63) is 48.0 Å². The van der Waals surface area contributed by atoms with E-state index in [9.17, 15) is 5.11 Å². The summed E-state index contributed by atoms with van der Waals surface area (Å²) in [6, 6.07) is 8.58. The zero-order valence-electron chi connectivity index (χ0n) is 15.3. The average Bonchev–Trinajstić information content (AvgIpc) is 3.06. The molecule has 2 aromatic rings. The van der Waals surface area contributed by atoms with Crippen molar-refractivity contribution in [2.75, 3.05) is 6.54 Å². The first-order valence-electron chi connectivity index (χ1n) is 9.27. The van der Waals surface area contributed by atoms with Gasteiger partial charge in [-0.05, 0) is 43.5 Å². The maximum absolute atomic E-state index is 10.3. The Morgan fingerprint density at radius 2 is 2.08 bits per heavy atom. The number of benzene rings is 1. The molecule has 1 N–H and O–H groups in total. The number of imidazole rings is 1. The number of aliphatic hydroxyl groups is 1. The minimum Gasteiger partial charge on any atom is -0.486 e. The van der Waals surface area contributed by atoms with Gasteiger partial charge >= 0.3 is 0 Å². The van der Waals surface area contributed by atoms with E-state index in [0.717, 1.165) is 37.5 Å². The predicted octanol–water partition coefficient (Wildman–Crippen LogP) is 3.12. The Morgan fingerprint density at radius 1 is 1.28 bits per heavy atom. The number of aromatic nitrogens is 2. The van der Waals surface area contributed by atoms with Crippen LogP contribution in [0.2, 0.25) is 0 Å². The topological polar surface area (TPSA) is 50.5 Å². The van der Waals surface area contributed by atoms with E-state index in [4.69, 9.17) is 4.74 Å². The summed E-state index contributed by atoms with van der Waals surface area (Å²) in [7, 11) is 1.97. The van der Waals surface area contributed by atoms with E-state index in [1.807, 2.05) is 29.9 Å². The third-order valence-corrected chi connectivity index (χ3v) is 5.12. The molecule has 0 aliphatic carbocycles. The lowest BCUT2D eigenvalue weighted by Crippen LogP contribution is -2.46. The zero-order valence-corrected chi connectivity index (χ0v) is 15.3. The van der Waals surface area contributed by atoms with Crippen molar-refractivity contribution in [2.45, 2.75) is 57.9 Å². The molecule has 2 atom stereocenters. The van der Waals surface area contributed by atoms with Crippen LogP contribution < -0.4 is 4.74 Å². The van der Waals surface area contributed by atoms with Crippen molar-refractivity contribution in [1.29, 1.82) is 0 Å². The van der Waals surface area contributed by atoms with Gasteiger partial charge in [0.2, 0.25) is 0 Å². The second kappa shape index (κ2) is 8.50. The van der Waals surface area contributed by atoms with Gasteiger partial charge in [0, 0.05) is 32.0 Å². The fraction of sp³-hybridized carbons (Fsp3) is 0.550. The first kappa shape index (κ1) is 18.0. The van der Waals surface area contributed by atoms with Crippen molar-refractivity contribution >= 4 is 0 Å². The molecule has 1 aliphatic heterocycles. The first-order chi connectivity index (χ1) is 12.2. The molecule has 0 bridgehead atoms. The Kier molecular flexibility index (Phi) is 6.10. The van der Waals surface area contributed by atoms with E-state index in [1.165, 1.54) is 18.4 Å². The van der Waals surface area contributed by atoms with Crippen LogP contribution in [0.3, 0.4) is 0 Å². The fourth-order valence-corrected chi connectivity index (χ4v) is 3.53. The number of nitrogens with zero attached hydrogens (tertiary/aromatic N) is 3. The van der Waals surface area contributed by atoms with Gasteiger partial charge in [0.15, 0.2) is 0 Å². The van der Waals surface area contributed by atoms with Crippen LogP contribution in [0.5, 0.6) is 5.75 Å². The molecule has 0 amide bonds. The SMILES string of the molecule is CCC(O)C1CCCCN1Cc1ccc(OCc2nccn2C)cc1. The van der Waals surface area contributed by atoms with Crippen molar-refractivity contribution in [1.82, 2.24) is 14.5 Å². The van der Waals surface area contributed by atoms with Crippen LogP contribution in [0.1, 0.15) is 44.0 Å². The standard InChI is InChI=1S/C20H29N3O2/c1-3-19(24)18-6-4-5-12-23(18)14-16-7-9-17(10-8-16)25-15-20-21-11-13-22(20)2/h7-11,13,18-19,24H,3-6,12,14-15H2,1-2H3. The molecule has 25 heavy (non-hydrogen) atoms. The molecule has 1 saturated heterocycles. The molecule has 0 saturated carbocycles. The van der Waals surface area contributed by atoms with Gasteiger partial charge in [0.25, 0.3) is 0 Å². The molecule has 3 rings (SSSR count). The Hall–Kier alpha value is -1.85. The summed E-state index contributed by atoms with van der Waals surface area (Å²) in [5.41, 5.74) is 1.26. The van der Waals surface area contributed by atoms with Crippen LogP contribution in [-0.2, 0) is 20.2 Å². The summed E-state index contributed by atoms with van der Waals surface area (Å²) in [6.07, 6.45) is 7.83. The number of aryl methyl sites for hydroxylation is 1. The fourth-order valence-electron chi connectivity index (χ4n) is 3.53. The lowest BCUT2D eigenvalue weighted by Gasteiger charge is -2.38. The second-order valence-electron chi connectivity index (χ2n) is 6.90. The number of likely N-dealkylation sites (tertiary alicyclic amines) is 1. The van der Waals surface area contributed by atoms with Gasteiger partial charge < -0.3 is 14.4 Å². The highest BCUT2D eigenvalue weighted by atomic mass is 16.5. The Labute approximate surface area is 150 Å². The summed E-state index contributed by atoms with van der Waals surface area (Å²) in [5, 5.41) is 10.3. The van der Waals surface area contributed by atoms with Crippen LogP contribution in [0.25, 0.3) is 0 Å². The lowest BCUT2D eigenvalue weighted by molar-refractivity contribution is 0.0195. The van der Waals surface area contributed by atoms with E-state index in [2.05, 4.69) is 28.9 Å². The normalized spacial score (nSPS) is 19.7. The van der Waals surface area contributed by atoms with Crippen LogP contribution >= 0.6 is 0 Å². The molecule has 5 nitrogen and oxygen atoms in total. The summed E-state index contributed by atoms with van der Waals surface area (Å²) >= 11 is 0. The monoisotopic (exact) mass is 343 g/mol. The number of piperidine rings is 1. The molecule has 0 spiro atoms.